The molecule has 0 aliphatic rings. The van der Waals surface area contributed by atoms with Crippen LogP contribution in [0.4, 0.5) is 0 Å². The van der Waals surface area contributed by atoms with Crippen LogP contribution in [-0.4, -0.2) is 11.9 Å². The Kier molecular flexibility index (Phi) is 2.64. The van der Waals surface area contributed by atoms with Gasteiger partial charge in [-0.15, -0.1) is 0 Å². The lowest BCUT2D eigenvalue weighted by atomic mass is 10.2. The molecular formula is C9H7O4. The van der Waals surface area contributed by atoms with Crippen molar-refractivity contribution in [1.29, 1.82) is 0 Å². The highest BCUT2D eigenvalue weighted by Crippen LogP contribution is 2.13. The van der Waals surface area contributed by atoms with Gasteiger partial charge in [0.25, 0.3) is 0 Å². The molecule has 0 spiro atoms. The van der Waals surface area contributed by atoms with Gasteiger partial charge in [-0.05, 0) is 18.2 Å². The van der Waals surface area contributed by atoms with Crippen LogP contribution in [0.15, 0.2) is 24.3 Å². The van der Waals surface area contributed by atoms with Gasteiger partial charge in [0.1, 0.15) is 5.75 Å². The van der Waals surface area contributed by atoms with Crippen LogP contribution in [-0.2, 0) is 9.90 Å². The van der Waals surface area contributed by atoms with Crippen molar-refractivity contribution in [2.24, 2.45) is 0 Å². The average molecular weight is 179 g/mol. The van der Waals surface area contributed by atoms with Crippen LogP contribution in [0.1, 0.15) is 17.3 Å². The molecule has 0 aromatic heterocycles. The molecule has 0 atom stereocenters. The molecule has 0 fully saturated rings. The smallest absolute Gasteiger partial charge is 0.386 e. The minimum Gasteiger partial charge on any atom is -0.427 e. The van der Waals surface area contributed by atoms with E-state index in [1.54, 1.807) is 0 Å². The normalized spacial score (nSPS) is 9.31. The molecule has 0 amide bonds. The summed E-state index contributed by atoms with van der Waals surface area (Å²) in [4.78, 5) is 20.9. The SMILES string of the molecule is CC(=O)Oc1cccc(C([O])=O)c1. The summed E-state index contributed by atoms with van der Waals surface area (Å²) in [5, 5.41) is 10.4. The van der Waals surface area contributed by atoms with E-state index in [2.05, 4.69) is 4.74 Å². The highest BCUT2D eigenvalue weighted by atomic mass is 16.5. The van der Waals surface area contributed by atoms with Crippen molar-refractivity contribution in [3.05, 3.63) is 29.8 Å². The molecule has 0 saturated heterocycles. The van der Waals surface area contributed by atoms with Crippen LogP contribution in [0.2, 0.25) is 0 Å². The fourth-order valence-electron chi connectivity index (χ4n) is 0.853. The second kappa shape index (κ2) is 3.71. The van der Waals surface area contributed by atoms with Crippen LogP contribution >= 0.6 is 0 Å². The Hall–Kier alpha value is -1.84. The molecule has 0 N–H and O–H groups in total. The fraction of sp³-hybridized carbons (Fsp3) is 0.111. The molecule has 0 heterocycles. The molecule has 1 radical (unpaired) electrons. The standard InChI is InChI=1S/C9H7O4/c1-6(10)13-8-4-2-3-7(5-8)9(11)12/h2-5H,1H3. The largest absolute Gasteiger partial charge is 0.427 e. The summed E-state index contributed by atoms with van der Waals surface area (Å²) in [5.41, 5.74) is -0.0150. The van der Waals surface area contributed by atoms with Crippen LogP contribution in [0.3, 0.4) is 0 Å². The Morgan fingerprint density at radius 1 is 1.31 bits per heavy atom. The van der Waals surface area contributed by atoms with Gasteiger partial charge >= 0.3 is 11.9 Å². The Bertz CT molecular complexity index is 343. The quantitative estimate of drug-likeness (QED) is 0.505. The van der Waals surface area contributed by atoms with Gasteiger partial charge in [-0.2, -0.15) is 0 Å². The minimum absolute atomic E-state index is 0.0150. The van der Waals surface area contributed by atoms with Crippen molar-refractivity contribution in [2.45, 2.75) is 6.92 Å². The Morgan fingerprint density at radius 2 is 2.00 bits per heavy atom. The first-order valence-electron chi connectivity index (χ1n) is 3.59. The molecule has 0 unspecified atom stereocenters. The monoisotopic (exact) mass is 179 g/mol. The summed E-state index contributed by atoms with van der Waals surface area (Å²) in [6.07, 6.45) is 0. The van der Waals surface area contributed by atoms with Gasteiger partial charge in [-0.3, -0.25) is 4.79 Å². The number of benzene rings is 1. The zero-order valence-electron chi connectivity index (χ0n) is 6.94. The van der Waals surface area contributed by atoms with E-state index in [0.717, 1.165) is 0 Å². The summed E-state index contributed by atoms with van der Waals surface area (Å²) in [7, 11) is 0. The fourth-order valence-corrected chi connectivity index (χ4v) is 0.853. The van der Waals surface area contributed by atoms with E-state index in [0.29, 0.717) is 0 Å². The first kappa shape index (κ1) is 9.25. The number of rotatable bonds is 2. The van der Waals surface area contributed by atoms with Crippen LogP contribution < -0.4 is 4.74 Å². The molecule has 0 aliphatic heterocycles. The van der Waals surface area contributed by atoms with Crippen molar-refractivity contribution in [3.63, 3.8) is 0 Å². The van der Waals surface area contributed by atoms with E-state index in [1.165, 1.54) is 31.2 Å². The van der Waals surface area contributed by atoms with E-state index >= 15 is 0 Å². The summed E-state index contributed by atoms with van der Waals surface area (Å²) in [5.74, 6) is -1.58. The second-order valence-corrected chi connectivity index (χ2v) is 2.41. The van der Waals surface area contributed by atoms with Crippen molar-refractivity contribution >= 4 is 11.9 Å². The van der Waals surface area contributed by atoms with Gasteiger partial charge in [0.2, 0.25) is 0 Å². The third-order valence-corrected chi connectivity index (χ3v) is 1.33. The Labute approximate surface area is 74.8 Å². The summed E-state index contributed by atoms with van der Waals surface area (Å²) in [6, 6.07) is 5.57. The Morgan fingerprint density at radius 3 is 2.54 bits per heavy atom. The molecule has 4 nitrogen and oxygen atoms in total. The number of ether oxygens (including phenoxy) is 1. The van der Waals surface area contributed by atoms with Crippen molar-refractivity contribution in [2.75, 3.05) is 0 Å². The van der Waals surface area contributed by atoms with E-state index < -0.39 is 11.9 Å². The van der Waals surface area contributed by atoms with Crippen molar-refractivity contribution in [1.82, 2.24) is 0 Å². The minimum atomic E-state index is -1.30. The third-order valence-electron chi connectivity index (χ3n) is 1.33. The number of esters is 1. The third kappa shape index (κ3) is 2.59. The van der Waals surface area contributed by atoms with Crippen molar-refractivity contribution in [3.8, 4) is 5.75 Å². The molecule has 0 saturated carbocycles. The van der Waals surface area contributed by atoms with Gasteiger partial charge in [0.05, 0.1) is 5.56 Å². The van der Waals surface area contributed by atoms with Gasteiger partial charge < -0.3 is 4.74 Å². The zero-order chi connectivity index (χ0) is 9.84. The summed E-state index contributed by atoms with van der Waals surface area (Å²) in [6.45, 7) is 1.24. The zero-order valence-corrected chi connectivity index (χ0v) is 6.94. The maximum atomic E-state index is 10.5. The van der Waals surface area contributed by atoms with Crippen LogP contribution in [0, 0.1) is 0 Å². The van der Waals surface area contributed by atoms with Crippen LogP contribution in [0.25, 0.3) is 0 Å². The van der Waals surface area contributed by atoms with E-state index in [-0.39, 0.29) is 11.3 Å². The van der Waals surface area contributed by atoms with E-state index in [4.69, 9.17) is 0 Å². The highest BCUT2D eigenvalue weighted by Gasteiger charge is 2.06. The molecule has 4 heteroatoms. The number of hydrogen-bond donors (Lipinski definition) is 0. The second-order valence-electron chi connectivity index (χ2n) is 2.41. The van der Waals surface area contributed by atoms with E-state index in [1.807, 2.05) is 0 Å². The number of carbonyl (C=O) groups excluding carboxylic acids is 2. The molecular weight excluding hydrogens is 172 g/mol. The van der Waals surface area contributed by atoms with Gasteiger partial charge in [0.15, 0.2) is 0 Å². The highest BCUT2D eigenvalue weighted by molar-refractivity contribution is 5.87. The summed E-state index contributed by atoms with van der Waals surface area (Å²) >= 11 is 0. The molecule has 1 rings (SSSR count). The average Bonchev–Trinajstić information content (AvgIpc) is 2.03. The molecule has 13 heavy (non-hydrogen) atoms. The first-order chi connectivity index (χ1) is 6.09. The summed E-state index contributed by atoms with van der Waals surface area (Å²) < 4.78 is 4.68. The predicted molar refractivity (Wildman–Crippen MR) is 42.8 cm³/mol. The molecule has 1 aromatic carbocycles. The van der Waals surface area contributed by atoms with E-state index in [9.17, 15) is 14.7 Å². The topological polar surface area (TPSA) is 63.3 Å². The molecule has 1 aromatic rings. The van der Waals surface area contributed by atoms with Gasteiger partial charge in [0, 0.05) is 6.92 Å². The lowest BCUT2D eigenvalue weighted by Crippen LogP contribution is -2.02. The molecule has 67 valence electrons. The lowest BCUT2D eigenvalue weighted by Gasteiger charge is -2.00. The molecule has 0 bridgehead atoms. The predicted octanol–water partition coefficient (Wildman–Crippen LogP) is 1.18. The first-order valence-corrected chi connectivity index (χ1v) is 3.59. The number of hydrogen-bond acceptors (Lipinski definition) is 3. The maximum Gasteiger partial charge on any atom is 0.386 e. The van der Waals surface area contributed by atoms with Gasteiger partial charge in [-0.1, -0.05) is 6.07 Å². The van der Waals surface area contributed by atoms with Crippen LogP contribution in [0.5, 0.6) is 5.75 Å². The lowest BCUT2D eigenvalue weighted by molar-refractivity contribution is -0.131. The number of carbonyl (C=O) groups is 2. The van der Waals surface area contributed by atoms with Gasteiger partial charge in [-0.25, -0.2) is 9.90 Å². The maximum absolute atomic E-state index is 10.5. The molecule has 0 aliphatic carbocycles. The van der Waals surface area contributed by atoms with Crippen molar-refractivity contribution < 1.29 is 19.4 Å². The Balaban J connectivity index is 2.91.